The first kappa shape index (κ1) is 16.8. The van der Waals surface area contributed by atoms with Crippen LogP contribution in [0.5, 0.6) is 0 Å². The smallest absolute Gasteiger partial charge is 0.326 e. The molecule has 2 aliphatic carbocycles. The van der Waals surface area contributed by atoms with E-state index < -0.39 is 17.5 Å². The molecule has 1 aromatic carbocycles. The van der Waals surface area contributed by atoms with Crippen molar-refractivity contribution < 1.29 is 19.1 Å². The summed E-state index contributed by atoms with van der Waals surface area (Å²) in [6, 6.07) is 7.11. The van der Waals surface area contributed by atoms with Crippen LogP contribution in [0.25, 0.3) is 0 Å². The van der Waals surface area contributed by atoms with E-state index in [1.54, 1.807) is 0 Å². The van der Waals surface area contributed by atoms with Crippen LogP contribution in [0.4, 0.5) is 4.79 Å². The van der Waals surface area contributed by atoms with E-state index in [-0.39, 0.29) is 12.5 Å². The normalized spacial score (nSPS) is 26.9. The second kappa shape index (κ2) is 6.59. The van der Waals surface area contributed by atoms with Gasteiger partial charge in [-0.15, -0.1) is 0 Å². The molecular weight excluding hydrogens is 332 g/mol. The maximum Gasteiger partial charge on any atom is 0.326 e. The predicted molar refractivity (Wildman–Crippen MR) is 94.1 cm³/mol. The van der Waals surface area contributed by atoms with Gasteiger partial charge < -0.3 is 10.1 Å². The molecule has 0 saturated carbocycles. The summed E-state index contributed by atoms with van der Waals surface area (Å²) in [5, 5.41) is 2.82. The standard InChI is InChI=1S/C20H22N2O4/c23-17(26-13-14-6-2-1-3-7-14)12-22-18(24)20(21-19(22)25)11-10-15-8-4-5-9-16(15)20/h1-2,4-5,8-9,14H,3,6-7,10-13H2,(H,21,25). The molecule has 4 rings (SSSR count). The van der Waals surface area contributed by atoms with Crippen molar-refractivity contribution in [2.75, 3.05) is 13.2 Å². The number of fused-ring (bicyclic) bond motifs is 2. The molecule has 0 radical (unpaired) electrons. The molecule has 3 aliphatic rings. The fourth-order valence-electron chi connectivity index (χ4n) is 4.13. The fourth-order valence-corrected chi connectivity index (χ4v) is 4.13. The Morgan fingerprint density at radius 1 is 1.27 bits per heavy atom. The van der Waals surface area contributed by atoms with Crippen LogP contribution in [0.15, 0.2) is 36.4 Å². The Morgan fingerprint density at radius 3 is 2.92 bits per heavy atom. The number of urea groups is 1. The lowest BCUT2D eigenvalue weighted by Gasteiger charge is -2.22. The number of ether oxygens (including phenoxy) is 1. The lowest BCUT2D eigenvalue weighted by atomic mass is 9.92. The number of allylic oxidation sites excluding steroid dienone is 2. The molecule has 2 atom stereocenters. The zero-order valence-corrected chi connectivity index (χ0v) is 14.6. The summed E-state index contributed by atoms with van der Waals surface area (Å²) in [7, 11) is 0. The van der Waals surface area contributed by atoms with E-state index in [4.69, 9.17) is 4.74 Å². The minimum Gasteiger partial charge on any atom is -0.464 e. The van der Waals surface area contributed by atoms with Crippen LogP contribution in [-0.2, 0) is 26.3 Å². The van der Waals surface area contributed by atoms with Crippen LogP contribution in [0.2, 0.25) is 0 Å². The van der Waals surface area contributed by atoms with Crippen molar-refractivity contribution in [3.05, 3.63) is 47.5 Å². The summed E-state index contributed by atoms with van der Waals surface area (Å²) in [5.41, 5.74) is 0.876. The molecule has 1 N–H and O–H groups in total. The van der Waals surface area contributed by atoms with Crippen LogP contribution < -0.4 is 5.32 Å². The highest BCUT2D eigenvalue weighted by atomic mass is 16.5. The maximum atomic E-state index is 13.0. The third kappa shape index (κ3) is 2.79. The van der Waals surface area contributed by atoms with Gasteiger partial charge in [0, 0.05) is 0 Å². The third-order valence-electron chi connectivity index (χ3n) is 5.57. The first-order valence-electron chi connectivity index (χ1n) is 9.13. The number of carbonyl (C=O) groups excluding carboxylic acids is 3. The predicted octanol–water partition coefficient (Wildman–Crippen LogP) is 2.28. The molecule has 1 aromatic rings. The first-order valence-corrected chi connectivity index (χ1v) is 9.13. The van der Waals surface area contributed by atoms with Crippen LogP contribution in [-0.4, -0.2) is 36.0 Å². The Morgan fingerprint density at radius 2 is 2.12 bits per heavy atom. The maximum absolute atomic E-state index is 13.0. The number of amides is 3. The number of rotatable bonds is 4. The number of aryl methyl sites for hydroxylation is 1. The van der Waals surface area contributed by atoms with Gasteiger partial charge in [-0.05, 0) is 49.1 Å². The molecule has 0 bridgehead atoms. The van der Waals surface area contributed by atoms with Crippen LogP contribution in [0, 0.1) is 5.92 Å². The lowest BCUT2D eigenvalue weighted by molar-refractivity contribution is -0.149. The molecule has 1 fully saturated rings. The van der Waals surface area contributed by atoms with Gasteiger partial charge in [0.1, 0.15) is 12.1 Å². The van der Waals surface area contributed by atoms with Crippen molar-refractivity contribution in [3.63, 3.8) is 0 Å². The van der Waals surface area contributed by atoms with E-state index in [0.717, 1.165) is 41.7 Å². The van der Waals surface area contributed by atoms with Gasteiger partial charge in [0.25, 0.3) is 5.91 Å². The number of esters is 1. The Labute approximate surface area is 152 Å². The average molecular weight is 354 g/mol. The number of benzene rings is 1. The quantitative estimate of drug-likeness (QED) is 0.511. The molecule has 26 heavy (non-hydrogen) atoms. The number of carbonyl (C=O) groups is 3. The van der Waals surface area contributed by atoms with E-state index in [0.29, 0.717) is 18.9 Å². The van der Waals surface area contributed by atoms with Gasteiger partial charge in [0.05, 0.1) is 6.61 Å². The molecule has 1 aliphatic heterocycles. The molecule has 3 amide bonds. The molecule has 0 aromatic heterocycles. The molecule has 136 valence electrons. The summed E-state index contributed by atoms with van der Waals surface area (Å²) < 4.78 is 5.31. The van der Waals surface area contributed by atoms with Crippen molar-refractivity contribution in [2.45, 2.75) is 37.6 Å². The van der Waals surface area contributed by atoms with Gasteiger partial charge >= 0.3 is 12.0 Å². The summed E-state index contributed by atoms with van der Waals surface area (Å²) in [6.45, 7) is -0.00204. The molecular formula is C20H22N2O4. The molecule has 1 heterocycles. The number of hydrogen-bond donors (Lipinski definition) is 1. The summed E-state index contributed by atoms with van der Waals surface area (Å²) in [5.74, 6) is -0.573. The van der Waals surface area contributed by atoms with E-state index in [9.17, 15) is 14.4 Å². The van der Waals surface area contributed by atoms with E-state index in [1.807, 2.05) is 24.3 Å². The highest BCUT2D eigenvalue weighted by Crippen LogP contribution is 2.41. The van der Waals surface area contributed by atoms with Crippen molar-refractivity contribution >= 4 is 17.9 Å². The minimum atomic E-state index is -1.03. The highest BCUT2D eigenvalue weighted by Gasteiger charge is 2.55. The van der Waals surface area contributed by atoms with E-state index in [1.165, 1.54) is 0 Å². The van der Waals surface area contributed by atoms with Gasteiger partial charge in [0.15, 0.2) is 0 Å². The summed E-state index contributed by atoms with van der Waals surface area (Å²) in [4.78, 5) is 38.5. The highest BCUT2D eigenvalue weighted by molar-refractivity contribution is 6.09. The topological polar surface area (TPSA) is 75.7 Å². The van der Waals surface area contributed by atoms with Gasteiger partial charge in [-0.3, -0.25) is 14.5 Å². The Kier molecular flexibility index (Phi) is 4.26. The fraction of sp³-hybridized carbons (Fsp3) is 0.450. The van der Waals surface area contributed by atoms with E-state index >= 15 is 0 Å². The third-order valence-corrected chi connectivity index (χ3v) is 5.57. The van der Waals surface area contributed by atoms with Crippen LogP contribution in [0.3, 0.4) is 0 Å². The van der Waals surface area contributed by atoms with Gasteiger partial charge in [-0.2, -0.15) is 0 Å². The Hall–Kier alpha value is -2.63. The number of hydrogen-bond acceptors (Lipinski definition) is 4. The molecule has 1 spiro atoms. The summed E-state index contributed by atoms with van der Waals surface area (Å²) in [6.07, 6.45) is 8.37. The van der Waals surface area contributed by atoms with Crippen LogP contribution >= 0.6 is 0 Å². The van der Waals surface area contributed by atoms with Gasteiger partial charge in [-0.25, -0.2) is 4.79 Å². The minimum absolute atomic E-state index is 0.320. The number of nitrogens with zero attached hydrogens (tertiary/aromatic N) is 1. The SMILES string of the molecule is O=C(CN1C(=O)NC2(CCc3ccccc32)C1=O)OCC1CC=CCC1. The molecule has 1 saturated heterocycles. The first-order chi connectivity index (χ1) is 12.6. The second-order valence-electron chi connectivity index (χ2n) is 7.22. The lowest BCUT2D eigenvalue weighted by Crippen LogP contribution is -2.42. The zero-order chi connectivity index (χ0) is 18.1. The molecule has 6 heteroatoms. The van der Waals surface area contributed by atoms with Crippen molar-refractivity contribution in [1.82, 2.24) is 10.2 Å². The zero-order valence-electron chi connectivity index (χ0n) is 14.6. The Balaban J connectivity index is 1.42. The van der Waals surface area contributed by atoms with Crippen molar-refractivity contribution in [2.24, 2.45) is 5.92 Å². The number of nitrogens with one attached hydrogen (secondary N) is 1. The van der Waals surface area contributed by atoms with Crippen LogP contribution in [0.1, 0.15) is 36.8 Å². The monoisotopic (exact) mass is 354 g/mol. The van der Waals surface area contributed by atoms with Crippen molar-refractivity contribution in [3.8, 4) is 0 Å². The molecule has 2 unspecified atom stereocenters. The van der Waals surface area contributed by atoms with E-state index in [2.05, 4.69) is 17.5 Å². The van der Waals surface area contributed by atoms with Crippen molar-refractivity contribution in [1.29, 1.82) is 0 Å². The van der Waals surface area contributed by atoms with Gasteiger partial charge in [0.2, 0.25) is 0 Å². The average Bonchev–Trinajstić information content (AvgIpc) is 3.15. The van der Waals surface area contributed by atoms with Gasteiger partial charge in [-0.1, -0.05) is 36.4 Å². The Bertz CT molecular complexity index is 788. The molecule has 6 nitrogen and oxygen atoms in total. The number of imide groups is 1. The second-order valence-corrected chi connectivity index (χ2v) is 7.22. The summed E-state index contributed by atoms with van der Waals surface area (Å²) >= 11 is 0. The largest absolute Gasteiger partial charge is 0.464 e.